The highest BCUT2D eigenvalue weighted by atomic mass is 16.6. The van der Waals surface area contributed by atoms with E-state index in [9.17, 15) is 4.79 Å². The van der Waals surface area contributed by atoms with Crippen molar-refractivity contribution in [3.63, 3.8) is 0 Å². The second-order valence-corrected chi connectivity index (χ2v) is 5.62. The summed E-state index contributed by atoms with van der Waals surface area (Å²) in [5.74, 6) is 0. The predicted molar refractivity (Wildman–Crippen MR) is 76.2 cm³/mol. The van der Waals surface area contributed by atoms with E-state index in [2.05, 4.69) is 11.1 Å². The zero-order chi connectivity index (χ0) is 13.9. The maximum Gasteiger partial charge on any atom is 0.414 e. The van der Waals surface area contributed by atoms with Gasteiger partial charge in [-0.15, -0.1) is 0 Å². The Labute approximate surface area is 114 Å². The third kappa shape index (κ3) is 3.81. The van der Waals surface area contributed by atoms with Gasteiger partial charge in [-0.3, -0.25) is 9.89 Å². The Balaban J connectivity index is 2.04. The third-order valence-electron chi connectivity index (χ3n) is 2.82. The molecule has 19 heavy (non-hydrogen) atoms. The van der Waals surface area contributed by atoms with Crippen LogP contribution in [0.25, 0.3) is 0 Å². The van der Waals surface area contributed by atoms with Crippen molar-refractivity contribution in [2.24, 2.45) is 4.99 Å². The van der Waals surface area contributed by atoms with Crippen LogP contribution in [0.5, 0.6) is 0 Å². The van der Waals surface area contributed by atoms with Crippen molar-refractivity contribution in [2.75, 3.05) is 13.1 Å². The first kappa shape index (κ1) is 13.6. The minimum Gasteiger partial charge on any atom is -0.443 e. The van der Waals surface area contributed by atoms with Crippen LogP contribution >= 0.6 is 0 Å². The summed E-state index contributed by atoms with van der Waals surface area (Å²) in [5.41, 5.74) is 1.88. The molecule has 0 saturated heterocycles. The second kappa shape index (κ2) is 5.43. The van der Waals surface area contributed by atoms with E-state index in [-0.39, 0.29) is 6.09 Å². The lowest BCUT2D eigenvalue weighted by atomic mass is 10.0. The second-order valence-electron chi connectivity index (χ2n) is 5.62. The van der Waals surface area contributed by atoms with Gasteiger partial charge in [-0.25, -0.2) is 4.79 Å². The number of rotatable bonds is 0. The van der Waals surface area contributed by atoms with Gasteiger partial charge in [0, 0.05) is 19.0 Å². The first-order chi connectivity index (χ1) is 8.96. The summed E-state index contributed by atoms with van der Waals surface area (Å²) < 4.78 is 5.34. The molecule has 4 heteroatoms. The molecule has 2 rings (SSSR count). The fraction of sp³-hybridized carbons (Fsp3) is 0.467. The minimum absolute atomic E-state index is 0.291. The smallest absolute Gasteiger partial charge is 0.414 e. The van der Waals surface area contributed by atoms with E-state index < -0.39 is 5.60 Å². The summed E-state index contributed by atoms with van der Waals surface area (Å²) in [5, 5.41) is 0. The lowest BCUT2D eigenvalue weighted by molar-refractivity contribution is 0.0333. The lowest BCUT2D eigenvalue weighted by Gasteiger charge is -2.27. The summed E-state index contributed by atoms with van der Waals surface area (Å²) in [6, 6.07) is 0. The van der Waals surface area contributed by atoms with Gasteiger partial charge >= 0.3 is 6.09 Å². The molecule has 4 nitrogen and oxygen atoms in total. The van der Waals surface area contributed by atoms with E-state index in [1.54, 1.807) is 11.1 Å². The Morgan fingerprint density at radius 1 is 1.37 bits per heavy atom. The molecule has 0 fully saturated rings. The molecule has 1 amide bonds. The molecule has 0 aromatic carbocycles. The van der Waals surface area contributed by atoms with Gasteiger partial charge in [-0.1, -0.05) is 12.2 Å². The van der Waals surface area contributed by atoms with E-state index in [0.29, 0.717) is 6.54 Å². The lowest BCUT2D eigenvalue weighted by Crippen LogP contribution is -2.35. The van der Waals surface area contributed by atoms with Crippen molar-refractivity contribution < 1.29 is 9.53 Å². The third-order valence-corrected chi connectivity index (χ3v) is 2.82. The van der Waals surface area contributed by atoms with Crippen molar-refractivity contribution in [1.29, 1.82) is 0 Å². The standard InChI is InChI=1S/C15H20N2O2/c1-15(2,3)19-14(18)17-9-6-12(7-10-17)13-5-4-8-16-11-13/h4-6,9,11H,7-8,10H2,1-3H3. The van der Waals surface area contributed by atoms with Crippen molar-refractivity contribution in [3.05, 3.63) is 35.6 Å². The zero-order valence-electron chi connectivity index (χ0n) is 11.7. The number of ether oxygens (including phenoxy) is 1. The van der Waals surface area contributed by atoms with Gasteiger partial charge < -0.3 is 4.74 Å². The number of dihydropyridines is 1. The molecule has 0 unspecified atom stereocenters. The fourth-order valence-corrected chi connectivity index (χ4v) is 1.92. The Morgan fingerprint density at radius 3 is 2.68 bits per heavy atom. The maximum absolute atomic E-state index is 11.9. The predicted octanol–water partition coefficient (Wildman–Crippen LogP) is 3.08. The summed E-state index contributed by atoms with van der Waals surface area (Å²) in [6.45, 7) is 7.01. The van der Waals surface area contributed by atoms with Gasteiger partial charge in [0.1, 0.15) is 5.60 Å². The van der Waals surface area contributed by atoms with Crippen molar-refractivity contribution >= 4 is 12.3 Å². The normalized spacial score (nSPS) is 22.8. The molecule has 0 saturated carbocycles. The number of amides is 1. The minimum atomic E-state index is -0.456. The van der Waals surface area contributed by atoms with E-state index >= 15 is 0 Å². The number of hydrogen-bond acceptors (Lipinski definition) is 3. The van der Waals surface area contributed by atoms with E-state index in [4.69, 9.17) is 4.74 Å². The van der Waals surface area contributed by atoms with Crippen LogP contribution in [-0.2, 0) is 4.74 Å². The summed E-state index contributed by atoms with van der Waals surface area (Å²) in [4.78, 5) is 17.7. The first-order valence-corrected chi connectivity index (χ1v) is 6.53. The van der Waals surface area contributed by atoms with Crippen LogP contribution in [0.4, 0.5) is 4.79 Å². The fourth-order valence-electron chi connectivity index (χ4n) is 1.92. The largest absolute Gasteiger partial charge is 0.443 e. The highest BCUT2D eigenvalue weighted by Gasteiger charge is 2.22. The Morgan fingerprint density at radius 2 is 2.16 bits per heavy atom. The van der Waals surface area contributed by atoms with E-state index in [1.165, 1.54) is 5.57 Å². The molecular weight excluding hydrogens is 240 g/mol. The van der Waals surface area contributed by atoms with Crippen LogP contribution in [0.3, 0.4) is 0 Å². The molecule has 0 spiro atoms. The maximum atomic E-state index is 11.9. The Bertz CT molecular complexity index is 465. The van der Waals surface area contributed by atoms with Gasteiger partial charge in [-0.05, 0) is 44.4 Å². The topological polar surface area (TPSA) is 41.9 Å². The van der Waals surface area contributed by atoms with Gasteiger partial charge in [0.25, 0.3) is 0 Å². The average Bonchev–Trinajstić information content (AvgIpc) is 2.38. The SMILES string of the molecule is CC(C)(C)OC(=O)N1C=CC(=C2C=CCN=C2)CC1. The number of carbonyl (C=O) groups is 1. The van der Waals surface area contributed by atoms with Crippen LogP contribution in [-0.4, -0.2) is 35.9 Å². The van der Waals surface area contributed by atoms with E-state index in [0.717, 1.165) is 18.5 Å². The molecule has 0 bridgehead atoms. The van der Waals surface area contributed by atoms with Crippen molar-refractivity contribution in [1.82, 2.24) is 4.90 Å². The molecule has 0 aromatic rings. The van der Waals surface area contributed by atoms with Crippen molar-refractivity contribution in [2.45, 2.75) is 32.8 Å². The van der Waals surface area contributed by atoms with Crippen LogP contribution in [0.2, 0.25) is 0 Å². The van der Waals surface area contributed by atoms with Gasteiger partial charge in [0.05, 0.1) is 6.54 Å². The summed E-state index contributed by atoms with van der Waals surface area (Å²) >= 11 is 0. The van der Waals surface area contributed by atoms with Crippen molar-refractivity contribution in [3.8, 4) is 0 Å². The van der Waals surface area contributed by atoms with Crippen LogP contribution in [0.1, 0.15) is 27.2 Å². The molecule has 2 aliphatic heterocycles. The number of allylic oxidation sites excluding steroid dienone is 3. The highest BCUT2D eigenvalue weighted by molar-refractivity contribution is 5.85. The Kier molecular flexibility index (Phi) is 3.88. The quantitative estimate of drug-likeness (QED) is 0.671. The highest BCUT2D eigenvalue weighted by Crippen LogP contribution is 2.20. The van der Waals surface area contributed by atoms with E-state index in [1.807, 2.05) is 39.1 Å². The zero-order valence-corrected chi connectivity index (χ0v) is 11.7. The molecule has 0 atom stereocenters. The van der Waals surface area contributed by atoms with Gasteiger partial charge in [0.2, 0.25) is 0 Å². The average molecular weight is 260 g/mol. The molecule has 2 aliphatic rings. The number of carbonyl (C=O) groups excluding carboxylic acids is 1. The summed E-state index contributed by atoms with van der Waals surface area (Å²) in [7, 11) is 0. The molecule has 0 aliphatic carbocycles. The van der Waals surface area contributed by atoms with Crippen LogP contribution in [0.15, 0.2) is 40.6 Å². The van der Waals surface area contributed by atoms with Gasteiger partial charge in [0.15, 0.2) is 0 Å². The van der Waals surface area contributed by atoms with Gasteiger partial charge in [-0.2, -0.15) is 0 Å². The molecule has 102 valence electrons. The first-order valence-electron chi connectivity index (χ1n) is 6.53. The van der Waals surface area contributed by atoms with Crippen LogP contribution < -0.4 is 0 Å². The van der Waals surface area contributed by atoms with Crippen LogP contribution in [0, 0.1) is 0 Å². The number of aliphatic imine (C=N–C) groups is 1. The molecule has 0 N–H and O–H groups in total. The molecule has 2 heterocycles. The Hall–Kier alpha value is -1.84. The molecular formula is C15H20N2O2. The number of nitrogens with zero attached hydrogens (tertiary/aromatic N) is 2. The summed E-state index contributed by atoms with van der Waals surface area (Å²) in [6.07, 6.45) is 10.3. The number of hydrogen-bond donors (Lipinski definition) is 0. The molecule has 0 radical (unpaired) electrons. The molecule has 0 aromatic heterocycles. The monoisotopic (exact) mass is 260 g/mol.